The van der Waals surface area contributed by atoms with Crippen molar-refractivity contribution in [3.05, 3.63) is 22.4 Å². The van der Waals surface area contributed by atoms with E-state index in [0.29, 0.717) is 0 Å². The molecule has 1 aromatic heterocycles. The van der Waals surface area contributed by atoms with E-state index >= 15 is 0 Å². The van der Waals surface area contributed by atoms with Gasteiger partial charge in [-0.2, -0.15) is 0 Å². The van der Waals surface area contributed by atoms with Gasteiger partial charge in [-0.1, -0.05) is 37.9 Å². The summed E-state index contributed by atoms with van der Waals surface area (Å²) in [6.07, 6.45) is 0. The van der Waals surface area contributed by atoms with E-state index in [-0.39, 0.29) is 9.52 Å². The second-order valence-electron chi connectivity index (χ2n) is 1.64. The first-order chi connectivity index (χ1) is 4.72. The maximum atomic E-state index is 11.1. The van der Waals surface area contributed by atoms with Crippen LogP contribution in [0.4, 0.5) is 0 Å². The molecule has 0 saturated carbocycles. The molecule has 0 amide bonds. The SMILES string of the molecule is O=C(c1cccs1)C(Br)Br. The third kappa shape index (κ3) is 1.90. The molecule has 0 saturated heterocycles. The first-order valence-electron chi connectivity index (χ1n) is 2.57. The van der Waals surface area contributed by atoms with Gasteiger partial charge in [0.15, 0.2) is 5.78 Å². The summed E-state index contributed by atoms with van der Waals surface area (Å²) in [5, 5.41) is 1.88. The number of hydrogen-bond acceptors (Lipinski definition) is 2. The highest BCUT2D eigenvalue weighted by molar-refractivity contribution is 9.25. The van der Waals surface area contributed by atoms with Crippen molar-refractivity contribution >= 4 is 49.0 Å². The zero-order chi connectivity index (χ0) is 7.56. The van der Waals surface area contributed by atoms with Crippen molar-refractivity contribution in [3.63, 3.8) is 0 Å². The molecule has 1 aromatic rings. The lowest BCUT2D eigenvalue weighted by Gasteiger charge is -1.94. The van der Waals surface area contributed by atoms with E-state index in [2.05, 4.69) is 31.9 Å². The van der Waals surface area contributed by atoms with Crippen LogP contribution in [-0.2, 0) is 0 Å². The van der Waals surface area contributed by atoms with Crippen LogP contribution in [0.1, 0.15) is 9.67 Å². The molecule has 0 unspecified atom stereocenters. The summed E-state index contributed by atoms with van der Waals surface area (Å²) in [7, 11) is 0. The highest BCUT2D eigenvalue weighted by Gasteiger charge is 2.13. The second-order valence-corrected chi connectivity index (χ2v) is 5.65. The maximum Gasteiger partial charge on any atom is 0.197 e. The first-order valence-corrected chi connectivity index (χ1v) is 5.29. The van der Waals surface area contributed by atoms with Crippen LogP contribution in [0.25, 0.3) is 0 Å². The van der Waals surface area contributed by atoms with E-state index in [4.69, 9.17) is 0 Å². The lowest BCUT2D eigenvalue weighted by molar-refractivity contribution is 0.102. The summed E-state index contributed by atoms with van der Waals surface area (Å²) in [6.45, 7) is 0. The van der Waals surface area contributed by atoms with Gasteiger partial charge in [0.2, 0.25) is 0 Å². The van der Waals surface area contributed by atoms with E-state index < -0.39 is 0 Å². The van der Waals surface area contributed by atoms with E-state index in [1.54, 1.807) is 0 Å². The molecule has 0 N–H and O–H groups in total. The molecule has 0 aliphatic heterocycles. The Morgan fingerprint density at radius 2 is 2.30 bits per heavy atom. The average Bonchev–Trinajstić information content (AvgIpc) is 2.36. The number of hydrogen-bond donors (Lipinski definition) is 0. The molecule has 0 aliphatic rings. The molecule has 1 nitrogen and oxygen atoms in total. The summed E-state index contributed by atoms with van der Waals surface area (Å²) < 4.78 is -0.251. The molecular formula is C6H4Br2OS. The zero-order valence-electron chi connectivity index (χ0n) is 4.88. The number of Topliss-reactive ketones (excluding diaryl/α,β-unsaturated/α-hetero) is 1. The van der Waals surface area contributed by atoms with Crippen molar-refractivity contribution in [1.82, 2.24) is 0 Å². The normalized spacial score (nSPS) is 10.3. The number of carbonyl (C=O) groups is 1. The minimum absolute atomic E-state index is 0.0787. The molecule has 0 aromatic carbocycles. The lowest BCUT2D eigenvalue weighted by Crippen LogP contribution is -2.03. The Morgan fingerprint density at radius 3 is 2.70 bits per heavy atom. The summed E-state index contributed by atoms with van der Waals surface area (Å²) in [5.74, 6) is 0.0787. The Hall–Kier alpha value is 0.330. The molecule has 4 heteroatoms. The predicted molar refractivity (Wildman–Crippen MR) is 50.3 cm³/mol. The average molecular weight is 284 g/mol. The molecule has 1 heterocycles. The van der Waals surface area contributed by atoms with Gasteiger partial charge >= 0.3 is 0 Å². The lowest BCUT2D eigenvalue weighted by atomic mass is 10.4. The molecule has 54 valence electrons. The van der Waals surface area contributed by atoms with Crippen LogP contribution in [-0.4, -0.2) is 9.52 Å². The fraction of sp³-hybridized carbons (Fsp3) is 0.167. The van der Waals surface area contributed by atoms with Crippen molar-refractivity contribution in [2.45, 2.75) is 3.74 Å². The van der Waals surface area contributed by atoms with Crippen molar-refractivity contribution in [2.75, 3.05) is 0 Å². The third-order valence-electron chi connectivity index (χ3n) is 0.962. The highest BCUT2D eigenvalue weighted by Crippen LogP contribution is 2.18. The van der Waals surface area contributed by atoms with Gasteiger partial charge in [0.05, 0.1) is 4.88 Å². The Bertz CT molecular complexity index is 218. The summed E-state index contributed by atoms with van der Waals surface area (Å²) in [4.78, 5) is 11.9. The van der Waals surface area contributed by atoms with E-state index in [1.807, 2.05) is 17.5 Å². The zero-order valence-corrected chi connectivity index (χ0v) is 8.87. The predicted octanol–water partition coefficient (Wildman–Crippen LogP) is 3.05. The third-order valence-corrected chi connectivity index (χ3v) is 2.68. The fourth-order valence-corrected chi connectivity index (χ4v) is 2.02. The standard InChI is InChI=1S/C6H4Br2OS/c7-6(8)5(9)4-2-1-3-10-4/h1-3,6H. The number of rotatable bonds is 2. The Kier molecular flexibility index (Phi) is 3.07. The molecular weight excluding hydrogens is 280 g/mol. The molecule has 10 heavy (non-hydrogen) atoms. The van der Waals surface area contributed by atoms with E-state index in [9.17, 15) is 4.79 Å². The van der Waals surface area contributed by atoms with Gasteiger partial charge in [-0.05, 0) is 11.4 Å². The first kappa shape index (κ1) is 8.43. The van der Waals surface area contributed by atoms with Crippen LogP contribution in [0.2, 0.25) is 0 Å². The maximum absolute atomic E-state index is 11.1. The smallest absolute Gasteiger partial charge is 0.197 e. The largest absolute Gasteiger partial charge is 0.291 e. The van der Waals surface area contributed by atoms with Gasteiger partial charge in [0.25, 0.3) is 0 Å². The van der Waals surface area contributed by atoms with Crippen LogP contribution in [0.5, 0.6) is 0 Å². The molecule has 0 aliphatic carbocycles. The van der Waals surface area contributed by atoms with Crippen LogP contribution >= 0.6 is 43.2 Å². The topological polar surface area (TPSA) is 17.1 Å². The van der Waals surface area contributed by atoms with Gasteiger partial charge in [-0.3, -0.25) is 4.79 Å². The van der Waals surface area contributed by atoms with Crippen LogP contribution in [0.15, 0.2) is 17.5 Å². The number of alkyl halides is 2. The van der Waals surface area contributed by atoms with E-state index in [1.165, 1.54) is 11.3 Å². The summed E-state index contributed by atoms with van der Waals surface area (Å²) in [6, 6.07) is 3.67. The van der Waals surface area contributed by atoms with Gasteiger partial charge in [0.1, 0.15) is 3.74 Å². The van der Waals surface area contributed by atoms with Crippen molar-refractivity contribution < 1.29 is 4.79 Å². The van der Waals surface area contributed by atoms with E-state index in [0.717, 1.165) is 4.88 Å². The quantitative estimate of drug-likeness (QED) is 0.602. The molecule has 0 fully saturated rings. The van der Waals surface area contributed by atoms with Gasteiger partial charge in [-0.15, -0.1) is 11.3 Å². The number of ketones is 1. The molecule has 0 spiro atoms. The molecule has 0 bridgehead atoms. The van der Waals surface area contributed by atoms with Crippen molar-refractivity contribution in [3.8, 4) is 0 Å². The minimum atomic E-state index is -0.251. The molecule has 0 atom stereocenters. The van der Waals surface area contributed by atoms with Crippen molar-refractivity contribution in [2.24, 2.45) is 0 Å². The monoisotopic (exact) mass is 282 g/mol. The van der Waals surface area contributed by atoms with Crippen molar-refractivity contribution in [1.29, 1.82) is 0 Å². The Labute approximate surface area is 79.7 Å². The summed E-state index contributed by atoms with van der Waals surface area (Å²) in [5.41, 5.74) is 0. The number of thiophene rings is 1. The number of carbonyl (C=O) groups excluding carboxylic acids is 1. The molecule has 0 radical (unpaired) electrons. The Balaban J connectivity index is 2.78. The highest BCUT2D eigenvalue weighted by atomic mass is 79.9. The number of halogens is 2. The van der Waals surface area contributed by atoms with Gasteiger partial charge < -0.3 is 0 Å². The van der Waals surface area contributed by atoms with Crippen LogP contribution in [0, 0.1) is 0 Å². The minimum Gasteiger partial charge on any atom is -0.291 e. The molecule has 1 rings (SSSR count). The Morgan fingerprint density at radius 1 is 1.60 bits per heavy atom. The van der Waals surface area contributed by atoms with Crippen LogP contribution < -0.4 is 0 Å². The summed E-state index contributed by atoms with van der Waals surface area (Å²) >= 11 is 7.72. The van der Waals surface area contributed by atoms with Gasteiger partial charge in [0, 0.05) is 0 Å². The second kappa shape index (κ2) is 3.64. The van der Waals surface area contributed by atoms with Crippen LogP contribution in [0.3, 0.4) is 0 Å². The fourth-order valence-electron chi connectivity index (χ4n) is 0.526. The van der Waals surface area contributed by atoms with Gasteiger partial charge in [-0.25, -0.2) is 0 Å².